The van der Waals surface area contributed by atoms with Gasteiger partial charge in [0.1, 0.15) is 11.9 Å². The van der Waals surface area contributed by atoms with Crippen molar-refractivity contribution < 1.29 is 9.53 Å². The zero-order chi connectivity index (χ0) is 28.5. The summed E-state index contributed by atoms with van der Waals surface area (Å²) in [4.78, 5) is 17.6. The van der Waals surface area contributed by atoms with E-state index in [1.165, 1.54) is 11.1 Å². The molecule has 0 amide bonds. The van der Waals surface area contributed by atoms with E-state index in [2.05, 4.69) is 105 Å². The number of hydrogen-bond acceptors (Lipinski definition) is 4. The Hall–Kier alpha value is -3.39. The van der Waals surface area contributed by atoms with E-state index in [-0.39, 0.29) is 17.3 Å². The number of carbonyl (C=O) groups is 1. The molecular formula is C36H44N2O2. The van der Waals surface area contributed by atoms with E-state index in [9.17, 15) is 4.79 Å². The highest BCUT2D eigenvalue weighted by Gasteiger charge is 2.22. The van der Waals surface area contributed by atoms with Crippen LogP contribution in [-0.4, -0.2) is 55.4 Å². The molecule has 3 aromatic rings. The maximum Gasteiger partial charge on any atom is 0.163 e. The van der Waals surface area contributed by atoms with Crippen LogP contribution >= 0.6 is 0 Å². The van der Waals surface area contributed by atoms with E-state index < -0.39 is 0 Å². The third kappa shape index (κ3) is 9.37. The molecule has 3 aromatic carbocycles. The van der Waals surface area contributed by atoms with Crippen molar-refractivity contribution >= 4 is 5.78 Å². The molecule has 0 aliphatic carbocycles. The smallest absolute Gasteiger partial charge is 0.163 e. The first-order valence-corrected chi connectivity index (χ1v) is 14.5. The van der Waals surface area contributed by atoms with Crippen molar-refractivity contribution in [3.8, 4) is 17.6 Å². The summed E-state index contributed by atoms with van der Waals surface area (Å²) >= 11 is 0. The highest BCUT2D eigenvalue weighted by Crippen LogP contribution is 2.26. The van der Waals surface area contributed by atoms with Gasteiger partial charge in [-0.05, 0) is 87.7 Å². The number of hydrogen-bond donors (Lipinski definition) is 0. The molecule has 0 bridgehead atoms. The molecule has 0 unspecified atom stereocenters. The van der Waals surface area contributed by atoms with Gasteiger partial charge < -0.3 is 9.64 Å². The van der Waals surface area contributed by atoms with Crippen molar-refractivity contribution in [2.45, 2.75) is 59.1 Å². The SMILES string of the molecule is Cc1ccc(C#Cc2cccc(CN3CCC(Oc4cccc(C(=O)CCC(C)(C)CN(C)C)c4)CC3)c2)cc1. The van der Waals surface area contributed by atoms with Gasteiger partial charge in [-0.15, -0.1) is 0 Å². The maximum absolute atomic E-state index is 12.9. The third-order valence-electron chi connectivity index (χ3n) is 7.50. The lowest BCUT2D eigenvalue weighted by atomic mass is 9.85. The van der Waals surface area contributed by atoms with Crippen LogP contribution in [-0.2, 0) is 6.54 Å². The number of aryl methyl sites for hydroxylation is 1. The van der Waals surface area contributed by atoms with Gasteiger partial charge in [0.25, 0.3) is 0 Å². The van der Waals surface area contributed by atoms with Crippen LogP contribution < -0.4 is 4.74 Å². The first-order valence-electron chi connectivity index (χ1n) is 14.5. The topological polar surface area (TPSA) is 32.8 Å². The molecule has 0 atom stereocenters. The molecule has 0 radical (unpaired) electrons. The summed E-state index contributed by atoms with van der Waals surface area (Å²) in [7, 11) is 4.16. The molecule has 1 heterocycles. The standard InChI is InChI=1S/C36H44N2O2/c1-28-12-14-29(15-13-28)16-17-30-8-6-9-31(24-30)26-38-22-19-33(20-23-38)40-34-11-7-10-32(25-34)35(39)18-21-36(2,3)27-37(4)5/h6-15,24-25,33H,18-23,26-27H2,1-5H3. The molecule has 0 saturated carbocycles. The van der Waals surface area contributed by atoms with Gasteiger partial charge in [-0.2, -0.15) is 0 Å². The average molecular weight is 537 g/mol. The summed E-state index contributed by atoms with van der Waals surface area (Å²) in [6, 6.07) is 24.7. The fourth-order valence-electron chi connectivity index (χ4n) is 5.44. The molecule has 0 spiro atoms. The lowest BCUT2D eigenvalue weighted by molar-refractivity contribution is 0.0938. The number of piperidine rings is 1. The molecule has 4 nitrogen and oxygen atoms in total. The number of rotatable bonds is 10. The summed E-state index contributed by atoms with van der Waals surface area (Å²) in [5.41, 5.74) is 5.48. The Labute approximate surface area is 241 Å². The Morgan fingerprint density at radius 1 is 0.950 bits per heavy atom. The molecule has 0 N–H and O–H groups in total. The zero-order valence-corrected chi connectivity index (χ0v) is 24.9. The molecule has 40 heavy (non-hydrogen) atoms. The van der Waals surface area contributed by atoms with Crippen LogP contribution in [0.1, 0.15) is 72.1 Å². The van der Waals surface area contributed by atoms with Crippen molar-refractivity contribution in [1.82, 2.24) is 9.80 Å². The van der Waals surface area contributed by atoms with E-state index in [1.807, 2.05) is 24.3 Å². The summed E-state index contributed by atoms with van der Waals surface area (Å²) in [5.74, 6) is 7.58. The van der Waals surface area contributed by atoms with Crippen LogP contribution in [0.25, 0.3) is 0 Å². The van der Waals surface area contributed by atoms with Crippen LogP contribution in [0.3, 0.4) is 0 Å². The third-order valence-corrected chi connectivity index (χ3v) is 7.50. The van der Waals surface area contributed by atoms with Crippen LogP contribution in [0.2, 0.25) is 0 Å². The lowest BCUT2D eigenvalue weighted by Crippen LogP contribution is -2.37. The van der Waals surface area contributed by atoms with E-state index in [1.54, 1.807) is 0 Å². The molecule has 1 fully saturated rings. The Morgan fingerprint density at radius 3 is 2.38 bits per heavy atom. The Balaban J connectivity index is 1.25. The number of likely N-dealkylation sites (tertiary alicyclic amines) is 1. The van der Waals surface area contributed by atoms with Gasteiger partial charge in [0, 0.05) is 49.3 Å². The first-order chi connectivity index (χ1) is 19.1. The number of ketones is 1. The second-order valence-electron chi connectivity index (χ2n) is 12.3. The van der Waals surface area contributed by atoms with Crippen molar-refractivity contribution in [3.05, 3.63) is 101 Å². The minimum Gasteiger partial charge on any atom is -0.490 e. The second-order valence-corrected chi connectivity index (χ2v) is 12.3. The van der Waals surface area contributed by atoms with Gasteiger partial charge in [-0.1, -0.05) is 67.6 Å². The van der Waals surface area contributed by atoms with Crippen molar-refractivity contribution in [2.24, 2.45) is 5.41 Å². The summed E-state index contributed by atoms with van der Waals surface area (Å²) in [6.07, 6.45) is 3.55. The van der Waals surface area contributed by atoms with Crippen molar-refractivity contribution in [1.29, 1.82) is 0 Å². The molecule has 1 aliphatic rings. The Morgan fingerprint density at radius 2 is 1.65 bits per heavy atom. The fraction of sp³-hybridized carbons (Fsp3) is 0.417. The number of ether oxygens (including phenoxy) is 1. The second kappa shape index (κ2) is 13.8. The number of carbonyl (C=O) groups excluding carboxylic acids is 1. The predicted octanol–water partition coefficient (Wildman–Crippen LogP) is 6.99. The molecule has 4 rings (SSSR count). The minimum absolute atomic E-state index is 0.109. The van der Waals surface area contributed by atoms with E-state index >= 15 is 0 Å². The predicted molar refractivity (Wildman–Crippen MR) is 165 cm³/mol. The van der Waals surface area contributed by atoms with Gasteiger partial charge in [-0.25, -0.2) is 0 Å². The Kier molecular flexibility index (Phi) is 10.2. The highest BCUT2D eigenvalue weighted by atomic mass is 16.5. The molecule has 0 aromatic heterocycles. The fourth-order valence-corrected chi connectivity index (χ4v) is 5.44. The molecule has 1 saturated heterocycles. The summed E-state index contributed by atoms with van der Waals surface area (Å²) < 4.78 is 6.34. The minimum atomic E-state index is 0.109. The van der Waals surface area contributed by atoms with Gasteiger partial charge in [-0.3, -0.25) is 9.69 Å². The van der Waals surface area contributed by atoms with Gasteiger partial charge in [0.15, 0.2) is 5.78 Å². The van der Waals surface area contributed by atoms with Gasteiger partial charge >= 0.3 is 0 Å². The lowest BCUT2D eigenvalue weighted by Gasteiger charge is -2.32. The van der Waals surface area contributed by atoms with Gasteiger partial charge in [0.2, 0.25) is 0 Å². The largest absolute Gasteiger partial charge is 0.490 e. The number of Topliss-reactive ketones (excluding diaryl/α,β-unsaturated/α-hetero) is 1. The summed E-state index contributed by atoms with van der Waals surface area (Å²) in [5, 5.41) is 0. The maximum atomic E-state index is 12.9. The van der Waals surface area contributed by atoms with Crippen molar-refractivity contribution in [3.63, 3.8) is 0 Å². The quantitative estimate of drug-likeness (QED) is 0.207. The monoisotopic (exact) mass is 536 g/mol. The number of nitrogens with zero attached hydrogens (tertiary/aromatic N) is 2. The van der Waals surface area contributed by atoms with Crippen LogP contribution in [0, 0.1) is 24.2 Å². The van der Waals surface area contributed by atoms with Crippen LogP contribution in [0.15, 0.2) is 72.8 Å². The molecule has 4 heteroatoms. The van der Waals surface area contributed by atoms with E-state index in [0.717, 1.165) is 67.9 Å². The number of benzene rings is 3. The van der Waals surface area contributed by atoms with Crippen molar-refractivity contribution in [2.75, 3.05) is 33.7 Å². The zero-order valence-electron chi connectivity index (χ0n) is 24.9. The Bertz CT molecular complexity index is 1320. The van der Waals surface area contributed by atoms with Gasteiger partial charge in [0.05, 0.1) is 0 Å². The average Bonchev–Trinajstić information content (AvgIpc) is 2.92. The highest BCUT2D eigenvalue weighted by molar-refractivity contribution is 5.96. The van der Waals surface area contributed by atoms with Crippen LogP contribution in [0.5, 0.6) is 5.75 Å². The molecule has 1 aliphatic heterocycles. The van der Waals surface area contributed by atoms with Crippen LogP contribution in [0.4, 0.5) is 0 Å². The molecule has 210 valence electrons. The molecular weight excluding hydrogens is 492 g/mol. The van der Waals surface area contributed by atoms with E-state index in [0.29, 0.717) is 6.42 Å². The summed E-state index contributed by atoms with van der Waals surface area (Å²) in [6.45, 7) is 10.4. The van der Waals surface area contributed by atoms with E-state index in [4.69, 9.17) is 4.74 Å². The normalized spacial score (nSPS) is 14.6. The first kappa shape index (κ1) is 29.6.